The number of aryl methyl sites for hydroxylation is 1. The summed E-state index contributed by atoms with van der Waals surface area (Å²) in [6, 6.07) is 4.16. The van der Waals surface area contributed by atoms with E-state index in [1.54, 1.807) is 11.3 Å². The van der Waals surface area contributed by atoms with E-state index in [0.717, 1.165) is 34.7 Å². The molecular weight excluding hydrogens is 352 g/mol. The first-order valence-electron chi connectivity index (χ1n) is 8.73. The maximum atomic E-state index is 13.0. The van der Waals surface area contributed by atoms with Crippen molar-refractivity contribution < 1.29 is 9.59 Å². The summed E-state index contributed by atoms with van der Waals surface area (Å²) in [5.74, 6) is 0.303. The van der Waals surface area contributed by atoms with Gasteiger partial charge in [0.25, 0.3) is 5.91 Å². The van der Waals surface area contributed by atoms with Crippen molar-refractivity contribution in [2.24, 2.45) is 5.92 Å². The van der Waals surface area contributed by atoms with Crippen molar-refractivity contribution in [3.8, 4) is 0 Å². The fraction of sp³-hybridized carbons (Fsp3) is 0.474. The Morgan fingerprint density at radius 1 is 1.40 bits per heavy atom. The van der Waals surface area contributed by atoms with E-state index in [1.165, 1.54) is 16.9 Å². The fourth-order valence-electron chi connectivity index (χ4n) is 2.97. The molecule has 2 heterocycles. The van der Waals surface area contributed by atoms with Gasteiger partial charge in [-0.3, -0.25) is 9.59 Å². The molecule has 0 spiro atoms. The van der Waals surface area contributed by atoms with Gasteiger partial charge in [0.15, 0.2) is 0 Å². The van der Waals surface area contributed by atoms with E-state index < -0.39 is 0 Å². The van der Waals surface area contributed by atoms with Gasteiger partial charge in [-0.2, -0.15) is 11.3 Å². The molecule has 1 fully saturated rings. The molecule has 1 aliphatic rings. The van der Waals surface area contributed by atoms with Crippen LogP contribution in [-0.4, -0.2) is 29.3 Å². The Labute approximate surface area is 156 Å². The molecule has 0 aliphatic heterocycles. The molecule has 0 bridgehead atoms. The molecule has 1 unspecified atom stereocenters. The first kappa shape index (κ1) is 18.1. The van der Waals surface area contributed by atoms with Gasteiger partial charge in [-0.25, -0.2) is 0 Å². The second-order valence-corrected chi connectivity index (χ2v) is 8.49. The van der Waals surface area contributed by atoms with Crippen molar-refractivity contribution in [3.63, 3.8) is 0 Å². The second-order valence-electron chi connectivity index (χ2n) is 6.66. The van der Waals surface area contributed by atoms with Crippen LogP contribution in [0, 0.1) is 12.8 Å². The summed E-state index contributed by atoms with van der Waals surface area (Å²) in [5, 5.41) is 7.93. The Kier molecular flexibility index (Phi) is 5.59. The average molecular weight is 377 g/mol. The number of amides is 2. The van der Waals surface area contributed by atoms with Crippen molar-refractivity contribution in [2.45, 2.75) is 46.1 Å². The predicted octanol–water partition coefficient (Wildman–Crippen LogP) is 4.56. The lowest BCUT2D eigenvalue weighted by molar-refractivity contribution is -0.117. The molecule has 1 N–H and O–H groups in total. The van der Waals surface area contributed by atoms with Gasteiger partial charge in [0, 0.05) is 18.5 Å². The SMILES string of the molecule is CCN(C(=O)c1sc(NC(=O)C2CC2)cc1C)C(C)Cc1ccsc1. The Morgan fingerprint density at radius 2 is 2.16 bits per heavy atom. The van der Waals surface area contributed by atoms with Crippen LogP contribution in [0.3, 0.4) is 0 Å². The summed E-state index contributed by atoms with van der Waals surface area (Å²) in [6.45, 7) is 6.72. The number of nitrogens with zero attached hydrogens (tertiary/aromatic N) is 1. The number of hydrogen-bond acceptors (Lipinski definition) is 4. The Bertz CT molecular complexity index is 748. The molecule has 1 saturated carbocycles. The maximum absolute atomic E-state index is 13.0. The molecule has 2 aromatic heterocycles. The lowest BCUT2D eigenvalue weighted by Gasteiger charge is -2.27. The maximum Gasteiger partial charge on any atom is 0.264 e. The first-order chi connectivity index (χ1) is 12.0. The quantitative estimate of drug-likeness (QED) is 0.770. The third-order valence-corrected chi connectivity index (χ3v) is 6.42. The van der Waals surface area contributed by atoms with Crippen LogP contribution in [0.2, 0.25) is 0 Å². The summed E-state index contributed by atoms with van der Waals surface area (Å²) in [7, 11) is 0. The van der Waals surface area contributed by atoms with Crippen LogP contribution in [0.1, 0.15) is 47.5 Å². The normalized spacial score (nSPS) is 15.0. The molecule has 1 atom stereocenters. The van der Waals surface area contributed by atoms with E-state index in [9.17, 15) is 9.59 Å². The predicted molar refractivity (Wildman–Crippen MR) is 105 cm³/mol. The van der Waals surface area contributed by atoms with E-state index in [1.807, 2.05) is 24.8 Å². The lowest BCUT2D eigenvalue weighted by atomic mass is 10.1. The molecule has 6 heteroatoms. The van der Waals surface area contributed by atoms with Crippen LogP contribution in [0.15, 0.2) is 22.9 Å². The molecule has 25 heavy (non-hydrogen) atoms. The molecular formula is C19H24N2O2S2. The Hall–Kier alpha value is -1.66. The zero-order valence-electron chi connectivity index (χ0n) is 14.9. The molecule has 2 aromatic rings. The highest BCUT2D eigenvalue weighted by atomic mass is 32.1. The summed E-state index contributed by atoms with van der Waals surface area (Å²) in [6.07, 6.45) is 2.82. The van der Waals surface area contributed by atoms with E-state index in [2.05, 4.69) is 29.1 Å². The number of carbonyl (C=O) groups excluding carboxylic acids is 2. The largest absolute Gasteiger partial charge is 0.335 e. The summed E-state index contributed by atoms with van der Waals surface area (Å²) < 4.78 is 0. The molecule has 134 valence electrons. The minimum Gasteiger partial charge on any atom is -0.335 e. The van der Waals surface area contributed by atoms with Gasteiger partial charge < -0.3 is 10.2 Å². The van der Waals surface area contributed by atoms with Gasteiger partial charge in [0.2, 0.25) is 5.91 Å². The van der Waals surface area contributed by atoms with Crippen molar-refractivity contribution in [3.05, 3.63) is 38.9 Å². The van der Waals surface area contributed by atoms with Crippen LogP contribution >= 0.6 is 22.7 Å². The number of thiophene rings is 2. The highest BCUT2D eigenvalue weighted by Gasteiger charge is 2.30. The number of hydrogen-bond donors (Lipinski definition) is 1. The highest BCUT2D eigenvalue weighted by molar-refractivity contribution is 7.18. The van der Waals surface area contributed by atoms with E-state index >= 15 is 0 Å². The molecule has 0 saturated heterocycles. The number of anilines is 1. The first-order valence-corrected chi connectivity index (χ1v) is 10.5. The van der Waals surface area contributed by atoms with Crippen molar-refractivity contribution in [1.29, 1.82) is 0 Å². The van der Waals surface area contributed by atoms with Crippen LogP contribution in [0.4, 0.5) is 5.00 Å². The smallest absolute Gasteiger partial charge is 0.264 e. The van der Waals surface area contributed by atoms with Crippen LogP contribution in [0.25, 0.3) is 0 Å². The number of rotatable bonds is 7. The van der Waals surface area contributed by atoms with E-state index in [0.29, 0.717) is 6.54 Å². The van der Waals surface area contributed by atoms with Gasteiger partial charge in [0.1, 0.15) is 0 Å². The van der Waals surface area contributed by atoms with Gasteiger partial charge in [-0.05, 0) is 74.1 Å². The molecule has 3 rings (SSSR count). The molecule has 4 nitrogen and oxygen atoms in total. The van der Waals surface area contributed by atoms with Crippen LogP contribution in [0.5, 0.6) is 0 Å². The Balaban J connectivity index is 1.71. The molecule has 2 amide bonds. The molecule has 0 radical (unpaired) electrons. The van der Waals surface area contributed by atoms with Gasteiger partial charge >= 0.3 is 0 Å². The monoisotopic (exact) mass is 376 g/mol. The van der Waals surface area contributed by atoms with Crippen LogP contribution in [-0.2, 0) is 11.2 Å². The molecule has 1 aliphatic carbocycles. The minimum absolute atomic E-state index is 0.0552. The standard InChI is InChI=1S/C19H24N2O2S2/c1-4-21(13(3)10-14-7-8-24-11-14)19(23)17-12(2)9-16(25-17)20-18(22)15-5-6-15/h7-9,11,13,15H,4-6,10H2,1-3H3,(H,20,22). The van der Waals surface area contributed by atoms with E-state index in [4.69, 9.17) is 0 Å². The number of carbonyl (C=O) groups is 2. The van der Waals surface area contributed by atoms with E-state index in [-0.39, 0.29) is 23.8 Å². The third kappa shape index (κ3) is 4.30. The van der Waals surface area contributed by atoms with Crippen LogP contribution < -0.4 is 5.32 Å². The summed E-state index contributed by atoms with van der Waals surface area (Å²) in [4.78, 5) is 27.6. The molecule has 0 aromatic carbocycles. The fourth-order valence-corrected chi connectivity index (χ4v) is 4.68. The number of nitrogens with one attached hydrogen (secondary N) is 1. The van der Waals surface area contributed by atoms with Gasteiger partial charge in [0.05, 0.1) is 9.88 Å². The Morgan fingerprint density at radius 3 is 2.76 bits per heavy atom. The van der Waals surface area contributed by atoms with Crippen molar-refractivity contribution in [2.75, 3.05) is 11.9 Å². The zero-order valence-corrected chi connectivity index (χ0v) is 16.5. The lowest BCUT2D eigenvalue weighted by Crippen LogP contribution is -2.39. The second kappa shape index (κ2) is 7.70. The van der Waals surface area contributed by atoms with Gasteiger partial charge in [-0.15, -0.1) is 11.3 Å². The van der Waals surface area contributed by atoms with Crippen molar-refractivity contribution >= 4 is 39.5 Å². The third-order valence-electron chi connectivity index (χ3n) is 4.55. The van der Waals surface area contributed by atoms with Crippen molar-refractivity contribution in [1.82, 2.24) is 4.90 Å². The number of likely N-dealkylation sites (N-methyl/N-ethyl adjacent to an activating group) is 1. The topological polar surface area (TPSA) is 49.4 Å². The van der Waals surface area contributed by atoms with Gasteiger partial charge in [-0.1, -0.05) is 0 Å². The minimum atomic E-state index is 0.0552. The highest BCUT2D eigenvalue weighted by Crippen LogP contribution is 2.33. The summed E-state index contributed by atoms with van der Waals surface area (Å²) >= 11 is 3.07. The zero-order chi connectivity index (χ0) is 18.0. The summed E-state index contributed by atoms with van der Waals surface area (Å²) in [5.41, 5.74) is 2.20. The average Bonchev–Trinajstić information content (AvgIpc) is 3.19.